The standard InChI is InChI=1S/C31H26F2N2O6S/c1-4-40-29(37)25-26(19-8-6-5-7-9-19)34-31-35(27(25)20-11-13-21(38-2)14-12-20)28(36)24(42-31)17-18-10-15-22(41-30(32)33)23(16-18)39-3/h5-17,27,30H,4H2,1-3H3/b24-17+/t27-/m1/s1. The second kappa shape index (κ2) is 12.4. The molecule has 1 aliphatic heterocycles. The second-order valence-corrected chi connectivity index (χ2v) is 10.0. The number of halogens is 2. The number of thiazole rings is 1. The van der Waals surface area contributed by atoms with Crippen LogP contribution in [0.3, 0.4) is 0 Å². The molecular weight excluding hydrogens is 566 g/mol. The number of nitrogens with zero attached hydrogens (tertiary/aromatic N) is 2. The van der Waals surface area contributed by atoms with Crippen LogP contribution >= 0.6 is 11.3 Å². The first-order valence-electron chi connectivity index (χ1n) is 12.9. The highest BCUT2D eigenvalue weighted by Gasteiger charge is 2.35. The maximum Gasteiger partial charge on any atom is 0.387 e. The van der Waals surface area contributed by atoms with Crippen molar-refractivity contribution in [3.8, 4) is 17.2 Å². The van der Waals surface area contributed by atoms with Crippen molar-refractivity contribution in [2.24, 2.45) is 4.99 Å². The lowest BCUT2D eigenvalue weighted by atomic mass is 9.93. The maximum atomic E-state index is 14.0. The fourth-order valence-corrected chi connectivity index (χ4v) is 5.66. The first kappa shape index (κ1) is 28.7. The number of carbonyl (C=O) groups excluding carboxylic acids is 1. The highest BCUT2D eigenvalue weighted by Crippen LogP contribution is 2.36. The first-order valence-corrected chi connectivity index (χ1v) is 13.7. The molecule has 1 aromatic heterocycles. The molecule has 2 heterocycles. The summed E-state index contributed by atoms with van der Waals surface area (Å²) in [5.74, 6) is -0.0139. The van der Waals surface area contributed by atoms with E-state index in [1.807, 2.05) is 30.3 Å². The summed E-state index contributed by atoms with van der Waals surface area (Å²) < 4.78 is 47.9. The van der Waals surface area contributed by atoms with Crippen LogP contribution in [0.4, 0.5) is 8.78 Å². The van der Waals surface area contributed by atoms with Gasteiger partial charge in [0.05, 0.1) is 42.7 Å². The predicted octanol–water partition coefficient (Wildman–Crippen LogP) is 4.55. The molecule has 11 heteroatoms. The van der Waals surface area contributed by atoms with Gasteiger partial charge in [0, 0.05) is 5.56 Å². The second-order valence-electron chi connectivity index (χ2n) is 8.99. The van der Waals surface area contributed by atoms with Crippen molar-refractivity contribution in [1.29, 1.82) is 0 Å². The molecule has 4 aromatic rings. The Bertz CT molecular complexity index is 1810. The predicted molar refractivity (Wildman–Crippen MR) is 154 cm³/mol. The van der Waals surface area contributed by atoms with E-state index in [2.05, 4.69) is 4.74 Å². The Morgan fingerprint density at radius 1 is 1.02 bits per heavy atom. The molecule has 0 saturated heterocycles. The Labute approximate surface area is 243 Å². The van der Waals surface area contributed by atoms with Gasteiger partial charge in [-0.15, -0.1) is 0 Å². The fraction of sp³-hybridized carbons (Fsp3) is 0.194. The van der Waals surface area contributed by atoms with E-state index in [1.54, 1.807) is 50.4 Å². The Balaban J connectivity index is 1.75. The van der Waals surface area contributed by atoms with E-state index >= 15 is 0 Å². The lowest BCUT2D eigenvalue weighted by Gasteiger charge is -2.26. The van der Waals surface area contributed by atoms with E-state index < -0.39 is 18.6 Å². The third-order valence-corrected chi connectivity index (χ3v) is 7.49. The molecule has 0 unspecified atom stereocenters. The number of methoxy groups -OCH3 is 2. The highest BCUT2D eigenvalue weighted by molar-refractivity contribution is 7.07. The highest BCUT2D eigenvalue weighted by atomic mass is 32.1. The lowest BCUT2D eigenvalue weighted by molar-refractivity contribution is -0.138. The van der Waals surface area contributed by atoms with E-state index in [-0.39, 0.29) is 29.2 Å². The van der Waals surface area contributed by atoms with Crippen LogP contribution in [0.2, 0.25) is 0 Å². The van der Waals surface area contributed by atoms with Crippen molar-refractivity contribution in [3.63, 3.8) is 0 Å². The minimum absolute atomic E-state index is 0.0869. The zero-order valence-electron chi connectivity index (χ0n) is 22.9. The SMILES string of the molecule is CCOC(=O)C1=C(c2ccccc2)N=c2s/c(=C/c3ccc(OC(F)F)c(OC)c3)c(=O)n2[C@@H]1c1ccc(OC)cc1. The third kappa shape index (κ3) is 5.68. The fourth-order valence-electron chi connectivity index (χ4n) is 4.66. The van der Waals surface area contributed by atoms with Gasteiger partial charge in [-0.3, -0.25) is 9.36 Å². The van der Waals surface area contributed by atoms with Gasteiger partial charge in [-0.2, -0.15) is 8.78 Å². The Morgan fingerprint density at radius 3 is 2.40 bits per heavy atom. The van der Waals surface area contributed by atoms with E-state index in [0.717, 1.165) is 11.3 Å². The molecule has 0 amide bonds. The molecule has 0 aliphatic carbocycles. The Hall–Kier alpha value is -4.77. The molecule has 8 nitrogen and oxygen atoms in total. The van der Waals surface area contributed by atoms with Crippen LogP contribution in [0.1, 0.15) is 29.7 Å². The number of ether oxygens (including phenoxy) is 4. The summed E-state index contributed by atoms with van der Waals surface area (Å²) in [7, 11) is 2.89. The average molecular weight is 593 g/mol. The normalized spacial score (nSPS) is 14.8. The molecule has 3 aromatic carbocycles. The summed E-state index contributed by atoms with van der Waals surface area (Å²) in [5.41, 5.74) is 2.11. The van der Waals surface area contributed by atoms with E-state index in [4.69, 9.17) is 19.2 Å². The van der Waals surface area contributed by atoms with Crippen molar-refractivity contribution < 1.29 is 32.5 Å². The van der Waals surface area contributed by atoms with Crippen LogP contribution in [0.25, 0.3) is 11.8 Å². The molecular formula is C31H26F2N2O6S. The van der Waals surface area contributed by atoms with Crippen molar-refractivity contribution in [2.75, 3.05) is 20.8 Å². The van der Waals surface area contributed by atoms with Crippen LogP contribution in [0.15, 0.2) is 88.2 Å². The molecule has 42 heavy (non-hydrogen) atoms. The van der Waals surface area contributed by atoms with Crippen LogP contribution in [-0.4, -0.2) is 38.0 Å². The molecule has 0 radical (unpaired) electrons. The van der Waals surface area contributed by atoms with Crippen molar-refractivity contribution in [2.45, 2.75) is 19.6 Å². The number of esters is 1. The quantitative estimate of drug-likeness (QED) is 0.265. The van der Waals surface area contributed by atoms with Gasteiger partial charge in [0.1, 0.15) is 5.75 Å². The van der Waals surface area contributed by atoms with Gasteiger partial charge in [0.2, 0.25) is 0 Å². The number of hydrogen-bond acceptors (Lipinski definition) is 8. The van der Waals surface area contributed by atoms with Gasteiger partial charge < -0.3 is 18.9 Å². The van der Waals surface area contributed by atoms with Crippen molar-refractivity contribution >= 4 is 29.1 Å². The summed E-state index contributed by atoms with van der Waals surface area (Å²) in [6.07, 6.45) is 1.61. The molecule has 0 fully saturated rings. The average Bonchev–Trinajstić information content (AvgIpc) is 3.31. The van der Waals surface area contributed by atoms with Gasteiger partial charge >= 0.3 is 12.6 Å². The van der Waals surface area contributed by atoms with Gasteiger partial charge in [0.15, 0.2) is 16.3 Å². The topological polar surface area (TPSA) is 88.4 Å². The molecule has 0 spiro atoms. The molecule has 0 bridgehead atoms. The molecule has 216 valence electrons. The summed E-state index contributed by atoms with van der Waals surface area (Å²) in [6, 6.07) is 19.9. The van der Waals surface area contributed by atoms with E-state index in [0.29, 0.717) is 37.5 Å². The van der Waals surface area contributed by atoms with Gasteiger partial charge in [-0.05, 0) is 48.4 Å². The molecule has 5 rings (SSSR count). The minimum Gasteiger partial charge on any atom is -0.497 e. The Kier molecular flexibility index (Phi) is 8.48. The van der Waals surface area contributed by atoms with Gasteiger partial charge in [-0.25, -0.2) is 9.79 Å². The largest absolute Gasteiger partial charge is 0.497 e. The lowest BCUT2D eigenvalue weighted by Crippen LogP contribution is -2.40. The molecule has 0 N–H and O–H groups in total. The number of benzene rings is 3. The third-order valence-electron chi connectivity index (χ3n) is 6.51. The van der Waals surface area contributed by atoms with Crippen LogP contribution in [0.5, 0.6) is 17.2 Å². The maximum absolute atomic E-state index is 14.0. The summed E-state index contributed by atoms with van der Waals surface area (Å²) in [4.78, 5) is 32.7. The van der Waals surface area contributed by atoms with Crippen molar-refractivity contribution in [1.82, 2.24) is 4.57 Å². The number of hydrogen-bond donors (Lipinski definition) is 0. The number of carbonyl (C=O) groups is 1. The summed E-state index contributed by atoms with van der Waals surface area (Å²) in [5, 5.41) is 0. The minimum atomic E-state index is -3.02. The monoisotopic (exact) mass is 592 g/mol. The number of alkyl halides is 2. The Morgan fingerprint density at radius 2 is 1.76 bits per heavy atom. The summed E-state index contributed by atoms with van der Waals surface area (Å²) in [6.45, 7) is -1.17. The number of rotatable bonds is 9. The van der Waals surface area contributed by atoms with Crippen LogP contribution < -0.4 is 29.1 Å². The van der Waals surface area contributed by atoms with Crippen LogP contribution in [-0.2, 0) is 9.53 Å². The molecule has 0 saturated carbocycles. The van der Waals surface area contributed by atoms with E-state index in [9.17, 15) is 18.4 Å². The zero-order valence-corrected chi connectivity index (χ0v) is 23.7. The van der Waals surface area contributed by atoms with Gasteiger partial charge in [-0.1, -0.05) is 59.9 Å². The number of aromatic nitrogens is 1. The first-order chi connectivity index (χ1) is 20.3. The molecule has 1 aliphatic rings. The van der Waals surface area contributed by atoms with Crippen LogP contribution in [0, 0.1) is 0 Å². The summed E-state index contributed by atoms with van der Waals surface area (Å²) >= 11 is 1.14. The molecule has 1 atom stereocenters. The zero-order chi connectivity index (χ0) is 29.8. The van der Waals surface area contributed by atoms with E-state index in [1.165, 1.54) is 23.8 Å². The number of fused-ring (bicyclic) bond motifs is 1. The van der Waals surface area contributed by atoms with Gasteiger partial charge in [0.25, 0.3) is 5.56 Å². The smallest absolute Gasteiger partial charge is 0.387 e. The van der Waals surface area contributed by atoms with Crippen molar-refractivity contribution in [3.05, 3.63) is 115 Å².